The summed E-state index contributed by atoms with van der Waals surface area (Å²) in [6.45, 7) is 13.0. The summed E-state index contributed by atoms with van der Waals surface area (Å²) >= 11 is 0. The highest BCUT2D eigenvalue weighted by molar-refractivity contribution is 5.87. The lowest BCUT2D eigenvalue weighted by Gasteiger charge is -2.26. The van der Waals surface area contributed by atoms with Gasteiger partial charge in [0.25, 0.3) is 0 Å². The molecular formula is C17H32N2O. The molecule has 0 aromatic rings. The number of carbonyl (C=O) groups is 1. The second-order valence-electron chi connectivity index (χ2n) is 7.05. The summed E-state index contributed by atoms with van der Waals surface area (Å²) in [7, 11) is 0. The predicted molar refractivity (Wildman–Crippen MR) is 85.5 cm³/mol. The van der Waals surface area contributed by atoms with E-state index in [-0.39, 0.29) is 5.91 Å². The summed E-state index contributed by atoms with van der Waals surface area (Å²) in [5.41, 5.74) is 0.345. The standard InChI is InChI=1S/C17H32N2O/c1-5-6-11-18(15-10-17(2,3)4)14-9-16(20)19-12-7-8-13-19/h9,14H,5-8,10-13,15H2,1-4H3/b14-9+. The third kappa shape index (κ3) is 6.97. The Morgan fingerprint density at radius 3 is 2.40 bits per heavy atom. The van der Waals surface area contributed by atoms with E-state index >= 15 is 0 Å². The number of carbonyl (C=O) groups excluding carboxylic acids is 1. The summed E-state index contributed by atoms with van der Waals surface area (Å²) in [6.07, 6.45) is 9.63. The predicted octanol–water partition coefficient (Wildman–Crippen LogP) is 3.66. The third-order valence-electron chi connectivity index (χ3n) is 3.79. The Bertz CT molecular complexity index is 311. The van der Waals surface area contributed by atoms with Gasteiger partial charge in [0.15, 0.2) is 0 Å². The zero-order valence-corrected chi connectivity index (χ0v) is 13.8. The molecular weight excluding hydrogens is 248 g/mol. The number of hydrogen-bond acceptors (Lipinski definition) is 2. The first-order chi connectivity index (χ1) is 9.42. The van der Waals surface area contributed by atoms with E-state index in [4.69, 9.17) is 0 Å². The van der Waals surface area contributed by atoms with Crippen LogP contribution in [0.5, 0.6) is 0 Å². The lowest BCUT2D eigenvalue weighted by Crippen LogP contribution is -2.28. The molecule has 1 saturated heterocycles. The maximum atomic E-state index is 12.0. The van der Waals surface area contributed by atoms with Gasteiger partial charge in [-0.2, -0.15) is 0 Å². The molecule has 0 aromatic carbocycles. The fourth-order valence-corrected chi connectivity index (χ4v) is 2.31. The molecule has 0 aromatic heterocycles. The van der Waals surface area contributed by atoms with Crippen LogP contribution in [0, 0.1) is 5.41 Å². The van der Waals surface area contributed by atoms with Crippen LogP contribution in [-0.2, 0) is 4.79 Å². The van der Waals surface area contributed by atoms with Gasteiger partial charge in [-0.25, -0.2) is 0 Å². The average molecular weight is 280 g/mol. The third-order valence-corrected chi connectivity index (χ3v) is 3.79. The smallest absolute Gasteiger partial charge is 0.248 e. The van der Waals surface area contributed by atoms with Crippen LogP contribution in [0.1, 0.15) is 59.8 Å². The fraction of sp³-hybridized carbons (Fsp3) is 0.824. The van der Waals surface area contributed by atoms with E-state index in [1.807, 2.05) is 11.1 Å². The summed E-state index contributed by atoms with van der Waals surface area (Å²) in [6, 6.07) is 0. The van der Waals surface area contributed by atoms with E-state index in [1.165, 1.54) is 12.8 Å². The van der Waals surface area contributed by atoms with Crippen LogP contribution in [-0.4, -0.2) is 41.9 Å². The van der Waals surface area contributed by atoms with Crippen molar-refractivity contribution < 1.29 is 4.79 Å². The molecule has 0 aliphatic carbocycles. The molecule has 0 spiro atoms. The largest absolute Gasteiger partial charge is 0.377 e. The molecule has 0 saturated carbocycles. The first-order valence-corrected chi connectivity index (χ1v) is 8.13. The first-order valence-electron chi connectivity index (χ1n) is 8.13. The Hall–Kier alpha value is -0.990. The van der Waals surface area contributed by atoms with E-state index in [1.54, 1.807) is 6.08 Å². The van der Waals surface area contributed by atoms with Crippen molar-refractivity contribution in [2.24, 2.45) is 5.41 Å². The molecule has 0 unspecified atom stereocenters. The van der Waals surface area contributed by atoms with Crippen molar-refractivity contribution in [3.8, 4) is 0 Å². The normalized spacial score (nSPS) is 16.1. The average Bonchev–Trinajstić information content (AvgIpc) is 2.90. The van der Waals surface area contributed by atoms with Crippen LogP contribution in [0.15, 0.2) is 12.3 Å². The molecule has 1 rings (SSSR count). The number of hydrogen-bond donors (Lipinski definition) is 0. The van der Waals surface area contributed by atoms with Crippen molar-refractivity contribution in [2.75, 3.05) is 26.2 Å². The van der Waals surface area contributed by atoms with Crippen LogP contribution < -0.4 is 0 Å². The minimum Gasteiger partial charge on any atom is -0.377 e. The van der Waals surface area contributed by atoms with Crippen molar-refractivity contribution in [3.63, 3.8) is 0 Å². The summed E-state index contributed by atoms with van der Waals surface area (Å²) in [5, 5.41) is 0. The fourth-order valence-electron chi connectivity index (χ4n) is 2.31. The molecule has 3 heteroatoms. The Morgan fingerprint density at radius 1 is 1.20 bits per heavy atom. The Kier molecular flexibility index (Phi) is 7.11. The summed E-state index contributed by atoms with van der Waals surface area (Å²) in [5.74, 6) is 0.180. The highest BCUT2D eigenvalue weighted by atomic mass is 16.2. The minimum atomic E-state index is 0.180. The van der Waals surface area contributed by atoms with Gasteiger partial charge in [0.2, 0.25) is 5.91 Å². The highest BCUT2D eigenvalue weighted by Gasteiger charge is 2.16. The number of amides is 1. The molecule has 3 nitrogen and oxygen atoms in total. The molecule has 20 heavy (non-hydrogen) atoms. The van der Waals surface area contributed by atoms with E-state index in [2.05, 4.69) is 32.6 Å². The van der Waals surface area contributed by atoms with Crippen molar-refractivity contribution in [1.29, 1.82) is 0 Å². The number of likely N-dealkylation sites (tertiary alicyclic amines) is 1. The molecule has 0 bridgehead atoms. The Balaban J connectivity index is 2.47. The minimum absolute atomic E-state index is 0.180. The molecule has 1 aliphatic rings. The van der Waals surface area contributed by atoms with Crippen LogP contribution in [0.25, 0.3) is 0 Å². The van der Waals surface area contributed by atoms with Gasteiger partial charge in [0, 0.05) is 38.5 Å². The maximum Gasteiger partial charge on any atom is 0.248 e. The molecule has 0 atom stereocenters. The topological polar surface area (TPSA) is 23.6 Å². The van der Waals surface area contributed by atoms with E-state index in [0.29, 0.717) is 5.41 Å². The number of unbranched alkanes of at least 4 members (excludes halogenated alkanes) is 1. The zero-order valence-electron chi connectivity index (χ0n) is 13.8. The van der Waals surface area contributed by atoms with Gasteiger partial charge in [-0.1, -0.05) is 34.1 Å². The Morgan fingerprint density at radius 2 is 1.85 bits per heavy atom. The SMILES string of the molecule is CCCCN(/C=C/C(=O)N1CCCC1)CCC(C)(C)C. The van der Waals surface area contributed by atoms with Crippen molar-refractivity contribution in [2.45, 2.75) is 59.8 Å². The van der Waals surface area contributed by atoms with Crippen molar-refractivity contribution >= 4 is 5.91 Å². The molecule has 1 amide bonds. The molecule has 1 heterocycles. The van der Waals surface area contributed by atoms with Crippen molar-refractivity contribution in [1.82, 2.24) is 9.80 Å². The molecule has 1 fully saturated rings. The lowest BCUT2D eigenvalue weighted by molar-refractivity contribution is -0.125. The van der Waals surface area contributed by atoms with Crippen molar-refractivity contribution in [3.05, 3.63) is 12.3 Å². The second kappa shape index (κ2) is 8.33. The van der Waals surface area contributed by atoms with Gasteiger partial charge in [-0.3, -0.25) is 4.79 Å². The lowest BCUT2D eigenvalue weighted by atomic mass is 9.92. The second-order valence-corrected chi connectivity index (χ2v) is 7.05. The van der Waals surface area contributed by atoms with Gasteiger partial charge >= 0.3 is 0 Å². The van der Waals surface area contributed by atoms with E-state index < -0.39 is 0 Å². The Labute approximate surface area is 125 Å². The highest BCUT2D eigenvalue weighted by Crippen LogP contribution is 2.19. The number of nitrogens with zero attached hydrogens (tertiary/aromatic N) is 2. The van der Waals surface area contributed by atoms with E-state index in [0.717, 1.165) is 45.4 Å². The zero-order chi connectivity index (χ0) is 15.0. The first kappa shape index (κ1) is 17.1. The monoisotopic (exact) mass is 280 g/mol. The molecule has 0 N–H and O–H groups in total. The maximum absolute atomic E-state index is 12.0. The van der Waals surface area contributed by atoms with Gasteiger partial charge in [0.05, 0.1) is 0 Å². The van der Waals surface area contributed by atoms with Gasteiger partial charge in [0.1, 0.15) is 0 Å². The number of rotatable bonds is 7. The van der Waals surface area contributed by atoms with Gasteiger partial charge < -0.3 is 9.80 Å². The summed E-state index contributed by atoms with van der Waals surface area (Å²) in [4.78, 5) is 16.3. The summed E-state index contributed by atoms with van der Waals surface area (Å²) < 4.78 is 0. The molecule has 1 aliphatic heterocycles. The van der Waals surface area contributed by atoms with Crippen LogP contribution >= 0.6 is 0 Å². The molecule has 0 radical (unpaired) electrons. The van der Waals surface area contributed by atoms with Crippen LogP contribution in [0.4, 0.5) is 0 Å². The molecule has 116 valence electrons. The van der Waals surface area contributed by atoms with E-state index in [9.17, 15) is 4.79 Å². The van der Waals surface area contributed by atoms with Crippen LogP contribution in [0.2, 0.25) is 0 Å². The van der Waals surface area contributed by atoms with Gasteiger partial charge in [-0.15, -0.1) is 0 Å². The quantitative estimate of drug-likeness (QED) is 0.664. The van der Waals surface area contributed by atoms with Gasteiger partial charge in [-0.05, 0) is 31.1 Å². The van der Waals surface area contributed by atoms with Crippen LogP contribution in [0.3, 0.4) is 0 Å².